The van der Waals surface area contributed by atoms with Gasteiger partial charge in [-0.15, -0.1) is 6.58 Å². The molecule has 0 saturated heterocycles. The van der Waals surface area contributed by atoms with Crippen molar-refractivity contribution in [2.24, 2.45) is 23.2 Å². The second-order valence-corrected chi connectivity index (χ2v) is 8.05. The Bertz CT molecular complexity index is 297. The van der Waals surface area contributed by atoms with E-state index in [1.807, 2.05) is 0 Å². The summed E-state index contributed by atoms with van der Waals surface area (Å²) >= 11 is 0. The molecule has 1 N–H and O–H groups in total. The molecule has 1 heteroatoms. The lowest BCUT2D eigenvalue weighted by atomic mass is 9.47. The number of unbranched alkanes of at least 4 members (excludes halogenated alkanes) is 3. The molecule has 0 spiro atoms. The molecule has 0 radical (unpaired) electrons. The Morgan fingerprint density at radius 2 is 1.65 bits per heavy atom. The molecule has 0 aliphatic heterocycles. The smallest absolute Gasteiger partial charge is 0.0121 e. The minimum atomic E-state index is 0.682. The van der Waals surface area contributed by atoms with E-state index in [0.29, 0.717) is 5.41 Å². The fourth-order valence-electron chi connectivity index (χ4n) is 6.18. The summed E-state index contributed by atoms with van der Waals surface area (Å²) in [4.78, 5) is 0. The van der Waals surface area contributed by atoms with Crippen molar-refractivity contribution >= 4 is 0 Å². The molecule has 1 nitrogen and oxygen atoms in total. The SMILES string of the molecule is C=CCCCCCC(NC)C12CC3CC(CC(C3)C1)C2. The minimum absolute atomic E-state index is 0.682. The normalized spacial score (nSPS) is 40.0. The first-order valence-corrected chi connectivity index (χ1v) is 9.04. The molecule has 114 valence electrons. The highest BCUT2D eigenvalue weighted by Gasteiger charge is 2.53. The fraction of sp³-hybridized carbons (Fsp3) is 0.895. The van der Waals surface area contributed by atoms with Gasteiger partial charge in [-0.1, -0.05) is 18.9 Å². The van der Waals surface area contributed by atoms with Crippen molar-refractivity contribution in [3.8, 4) is 0 Å². The van der Waals surface area contributed by atoms with Gasteiger partial charge in [-0.05, 0) is 88.0 Å². The number of allylic oxidation sites excluding steroid dienone is 1. The number of nitrogens with one attached hydrogen (secondary N) is 1. The monoisotopic (exact) mass is 275 g/mol. The lowest BCUT2D eigenvalue weighted by molar-refractivity contribution is -0.0742. The lowest BCUT2D eigenvalue weighted by Crippen LogP contribution is -2.55. The molecule has 0 amide bonds. The van der Waals surface area contributed by atoms with E-state index in [9.17, 15) is 0 Å². The summed E-state index contributed by atoms with van der Waals surface area (Å²) in [6.45, 7) is 3.82. The van der Waals surface area contributed by atoms with E-state index < -0.39 is 0 Å². The Balaban J connectivity index is 1.56. The van der Waals surface area contributed by atoms with Gasteiger partial charge in [0.1, 0.15) is 0 Å². The maximum absolute atomic E-state index is 3.82. The van der Waals surface area contributed by atoms with Crippen LogP contribution in [0.5, 0.6) is 0 Å². The van der Waals surface area contributed by atoms with E-state index in [0.717, 1.165) is 23.8 Å². The van der Waals surface area contributed by atoms with Crippen LogP contribution in [0.2, 0.25) is 0 Å². The van der Waals surface area contributed by atoms with Crippen molar-refractivity contribution in [3.63, 3.8) is 0 Å². The molecule has 0 aromatic carbocycles. The summed E-state index contributed by atoms with van der Waals surface area (Å²) in [7, 11) is 2.22. The topological polar surface area (TPSA) is 12.0 Å². The Labute approximate surface area is 125 Å². The van der Waals surface area contributed by atoms with Crippen LogP contribution in [0.25, 0.3) is 0 Å². The quantitative estimate of drug-likeness (QED) is 0.489. The van der Waals surface area contributed by atoms with Crippen LogP contribution in [0.15, 0.2) is 12.7 Å². The van der Waals surface area contributed by atoms with Crippen LogP contribution in [0.1, 0.15) is 70.6 Å². The van der Waals surface area contributed by atoms with Crippen LogP contribution < -0.4 is 5.32 Å². The fourth-order valence-corrected chi connectivity index (χ4v) is 6.18. The molecule has 4 fully saturated rings. The van der Waals surface area contributed by atoms with Crippen LogP contribution >= 0.6 is 0 Å². The zero-order valence-corrected chi connectivity index (χ0v) is 13.4. The van der Waals surface area contributed by atoms with Crippen LogP contribution in [0.4, 0.5) is 0 Å². The van der Waals surface area contributed by atoms with Gasteiger partial charge in [-0.2, -0.15) is 0 Å². The third kappa shape index (κ3) is 2.84. The molecule has 4 rings (SSSR count). The Morgan fingerprint density at radius 3 is 2.15 bits per heavy atom. The number of rotatable bonds is 8. The van der Waals surface area contributed by atoms with Crippen molar-refractivity contribution in [1.82, 2.24) is 5.32 Å². The van der Waals surface area contributed by atoms with Gasteiger partial charge in [0.2, 0.25) is 0 Å². The Kier molecular flexibility index (Phi) is 4.55. The van der Waals surface area contributed by atoms with Crippen molar-refractivity contribution < 1.29 is 0 Å². The summed E-state index contributed by atoms with van der Waals surface area (Å²) in [5, 5.41) is 3.73. The van der Waals surface area contributed by atoms with E-state index >= 15 is 0 Å². The Morgan fingerprint density at radius 1 is 1.05 bits per heavy atom. The maximum atomic E-state index is 3.82. The van der Waals surface area contributed by atoms with Crippen LogP contribution in [0.3, 0.4) is 0 Å². The third-order valence-corrected chi connectivity index (χ3v) is 6.57. The molecule has 4 saturated carbocycles. The van der Waals surface area contributed by atoms with E-state index in [-0.39, 0.29) is 0 Å². The maximum Gasteiger partial charge on any atom is 0.0121 e. The van der Waals surface area contributed by atoms with Gasteiger partial charge in [0, 0.05) is 6.04 Å². The lowest BCUT2D eigenvalue weighted by Gasteiger charge is -2.59. The first kappa shape index (κ1) is 14.6. The molecular formula is C19H33N. The van der Waals surface area contributed by atoms with Crippen LogP contribution in [-0.4, -0.2) is 13.1 Å². The third-order valence-electron chi connectivity index (χ3n) is 6.57. The predicted octanol–water partition coefficient (Wildman–Crippen LogP) is 4.93. The van der Waals surface area contributed by atoms with Gasteiger partial charge in [0.05, 0.1) is 0 Å². The second kappa shape index (κ2) is 6.22. The average molecular weight is 275 g/mol. The largest absolute Gasteiger partial charge is 0.316 e. The van der Waals surface area contributed by atoms with Gasteiger partial charge in [0.15, 0.2) is 0 Å². The molecule has 0 aromatic heterocycles. The van der Waals surface area contributed by atoms with E-state index in [1.54, 1.807) is 19.3 Å². The number of hydrogen-bond acceptors (Lipinski definition) is 1. The van der Waals surface area contributed by atoms with Gasteiger partial charge in [0.25, 0.3) is 0 Å². The second-order valence-electron chi connectivity index (χ2n) is 8.05. The zero-order valence-electron chi connectivity index (χ0n) is 13.4. The molecule has 4 bridgehead atoms. The predicted molar refractivity (Wildman–Crippen MR) is 86.7 cm³/mol. The van der Waals surface area contributed by atoms with Gasteiger partial charge >= 0.3 is 0 Å². The van der Waals surface area contributed by atoms with E-state index in [4.69, 9.17) is 0 Å². The molecule has 0 heterocycles. The van der Waals surface area contributed by atoms with Gasteiger partial charge in [-0.3, -0.25) is 0 Å². The van der Waals surface area contributed by atoms with Crippen molar-refractivity contribution in [2.45, 2.75) is 76.7 Å². The molecule has 1 unspecified atom stereocenters. The van der Waals surface area contributed by atoms with Crippen LogP contribution in [0, 0.1) is 23.2 Å². The van der Waals surface area contributed by atoms with Crippen molar-refractivity contribution in [3.05, 3.63) is 12.7 Å². The molecule has 1 atom stereocenters. The average Bonchev–Trinajstić information content (AvgIpc) is 2.41. The summed E-state index contributed by atoms with van der Waals surface area (Å²) in [6.07, 6.45) is 18.1. The highest BCUT2D eigenvalue weighted by Crippen LogP contribution is 2.61. The minimum Gasteiger partial charge on any atom is -0.316 e. The highest BCUT2D eigenvalue weighted by atomic mass is 14.9. The molecule has 20 heavy (non-hydrogen) atoms. The Hall–Kier alpha value is -0.300. The first-order chi connectivity index (χ1) is 9.75. The van der Waals surface area contributed by atoms with Gasteiger partial charge in [-0.25, -0.2) is 0 Å². The molecular weight excluding hydrogens is 242 g/mol. The number of hydrogen-bond donors (Lipinski definition) is 1. The first-order valence-electron chi connectivity index (χ1n) is 9.04. The molecule has 4 aliphatic rings. The van der Waals surface area contributed by atoms with Crippen LogP contribution in [-0.2, 0) is 0 Å². The van der Waals surface area contributed by atoms with Gasteiger partial charge < -0.3 is 5.32 Å². The molecule has 0 aromatic rings. The highest BCUT2D eigenvalue weighted by molar-refractivity contribution is 5.05. The summed E-state index contributed by atoms with van der Waals surface area (Å²) in [5.74, 6) is 3.24. The summed E-state index contributed by atoms with van der Waals surface area (Å²) in [6, 6.07) is 0.791. The van der Waals surface area contributed by atoms with E-state index in [1.165, 1.54) is 51.4 Å². The van der Waals surface area contributed by atoms with Crippen molar-refractivity contribution in [1.29, 1.82) is 0 Å². The standard InChI is InChI=1S/C19H33N/c1-3-4-5-6-7-8-18(20-2)19-12-15-9-16(13-19)11-17(10-15)14-19/h3,15-18,20H,1,4-14H2,2H3. The summed E-state index contributed by atoms with van der Waals surface area (Å²) < 4.78 is 0. The van der Waals surface area contributed by atoms with Crippen molar-refractivity contribution in [2.75, 3.05) is 7.05 Å². The molecule has 4 aliphatic carbocycles. The summed E-state index contributed by atoms with van der Waals surface area (Å²) in [5.41, 5.74) is 0.682. The van der Waals surface area contributed by atoms with E-state index in [2.05, 4.69) is 25.0 Å². The zero-order chi connectivity index (χ0) is 14.0.